The minimum absolute atomic E-state index is 0.0400. The number of benzene rings is 2. The molecule has 1 saturated heterocycles. The van der Waals surface area contributed by atoms with Crippen LogP contribution in [-0.2, 0) is 4.79 Å². The zero-order chi connectivity index (χ0) is 20.9. The largest absolute Gasteiger partial charge is 0.497 e. The Bertz CT molecular complexity index is 1000. The van der Waals surface area contributed by atoms with Gasteiger partial charge in [-0.2, -0.15) is 0 Å². The summed E-state index contributed by atoms with van der Waals surface area (Å²) in [6, 6.07) is 15.6. The minimum Gasteiger partial charge on any atom is -0.497 e. The SMILES string of the molecule is COc1ccc(-c2csc(NC(=O)CN3CCN(c4cccc(Cl)c4)CC3)n2)cc1. The molecule has 2 heterocycles. The number of aromatic nitrogens is 1. The maximum atomic E-state index is 12.5. The number of nitrogens with one attached hydrogen (secondary N) is 1. The first-order chi connectivity index (χ1) is 14.6. The maximum Gasteiger partial charge on any atom is 0.240 e. The van der Waals surface area contributed by atoms with Crippen molar-refractivity contribution in [3.8, 4) is 17.0 Å². The number of methoxy groups -OCH3 is 1. The van der Waals surface area contributed by atoms with Crippen LogP contribution < -0.4 is 15.0 Å². The van der Waals surface area contributed by atoms with Crippen molar-refractivity contribution in [1.29, 1.82) is 0 Å². The lowest BCUT2D eigenvalue weighted by atomic mass is 10.2. The maximum absolute atomic E-state index is 12.5. The number of ether oxygens (including phenoxy) is 1. The first-order valence-corrected chi connectivity index (χ1v) is 11.0. The van der Waals surface area contributed by atoms with Crippen molar-refractivity contribution in [1.82, 2.24) is 9.88 Å². The van der Waals surface area contributed by atoms with E-state index in [9.17, 15) is 4.79 Å². The van der Waals surface area contributed by atoms with Gasteiger partial charge in [0.2, 0.25) is 5.91 Å². The highest BCUT2D eigenvalue weighted by molar-refractivity contribution is 7.14. The van der Waals surface area contributed by atoms with Crippen molar-refractivity contribution in [3.63, 3.8) is 0 Å². The number of piperazine rings is 1. The molecule has 156 valence electrons. The van der Waals surface area contributed by atoms with E-state index in [0.29, 0.717) is 11.7 Å². The van der Waals surface area contributed by atoms with Crippen molar-refractivity contribution in [3.05, 3.63) is 58.9 Å². The van der Waals surface area contributed by atoms with Gasteiger partial charge >= 0.3 is 0 Å². The number of carbonyl (C=O) groups is 1. The minimum atomic E-state index is -0.0400. The molecule has 0 unspecified atom stereocenters. The Balaban J connectivity index is 1.28. The molecule has 0 atom stereocenters. The second-order valence-electron chi connectivity index (χ2n) is 7.06. The monoisotopic (exact) mass is 442 g/mol. The molecule has 2 aromatic carbocycles. The van der Waals surface area contributed by atoms with E-state index in [4.69, 9.17) is 16.3 Å². The second kappa shape index (κ2) is 9.47. The third-order valence-corrected chi connectivity index (χ3v) is 6.04. The number of anilines is 2. The number of amides is 1. The van der Waals surface area contributed by atoms with Crippen LogP contribution in [0.5, 0.6) is 5.75 Å². The average molecular weight is 443 g/mol. The standard InChI is InChI=1S/C22H23ClN4O2S/c1-29-19-7-5-16(6-8-19)20-15-30-22(24-20)25-21(28)14-26-9-11-27(12-10-26)18-4-2-3-17(23)13-18/h2-8,13,15H,9-12,14H2,1H3,(H,24,25,28). The van der Waals surface area contributed by atoms with Crippen LogP contribution in [0.2, 0.25) is 5.02 Å². The molecule has 0 aliphatic carbocycles. The van der Waals surface area contributed by atoms with Gasteiger partial charge in [-0.3, -0.25) is 9.69 Å². The molecule has 30 heavy (non-hydrogen) atoms. The van der Waals surface area contributed by atoms with E-state index in [1.807, 2.05) is 47.8 Å². The molecule has 0 radical (unpaired) electrons. The number of nitrogens with zero attached hydrogens (tertiary/aromatic N) is 3. The molecule has 1 aromatic heterocycles. The lowest BCUT2D eigenvalue weighted by molar-refractivity contribution is -0.117. The Kier molecular flexibility index (Phi) is 6.52. The molecule has 6 nitrogen and oxygen atoms in total. The summed E-state index contributed by atoms with van der Waals surface area (Å²) in [6.07, 6.45) is 0. The lowest BCUT2D eigenvalue weighted by Crippen LogP contribution is -2.48. The molecule has 1 aliphatic heterocycles. The second-order valence-corrected chi connectivity index (χ2v) is 8.35. The van der Waals surface area contributed by atoms with Crippen LogP contribution in [0.25, 0.3) is 11.3 Å². The van der Waals surface area contributed by atoms with Gasteiger partial charge in [-0.1, -0.05) is 17.7 Å². The first kappa shape index (κ1) is 20.7. The number of hydrogen-bond donors (Lipinski definition) is 1. The molecular formula is C22H23ClN4O2S. The molecule has 4 rings (SSSR count). The fraction of sp³-hybridized carbons (Fsp3) is 0.273. The molecule has 1 amide bonds. The van der Waals surface area contributed by atoms with Gasteiger partial charge in [0, 0.05) is 47.8 Å². The van der Waals surface area contributed by atoms with E-state index < -0.39 is 0 Å². The summed E-state index contributed by atoms with van der Waals surface area (Å²) in [4.78, 5) is 21.5. The third kappa shape index (κ3) is 5.11. The summed E-state index contributed by atoms with van der Waals surface area (Å²) < 4.78 is 5.18. The number of halogens is 1. The Morgan fingerprint density at radius 2 is 1.93 bits per heavy atom. The van der Waals surface area contributed by atoms with Gasteiger partial charge in [-0.25, -0.2) is 4.98 Å². The van der Waals surface area contributed by atoms with Gasteiger partial charge in [-0.15, -0.1) is 11.3 Å². The summed E-state index contributed by atoms with van der Waals surface area (Å²) in [5.41, 5.74) is 2.96. The number of hydrogen-bond acceptors (Lipinski definition) is 6. The summed E-state index contributed by atoms with van der Waals surface area (Å²) in [6.45, 7) is 3.75. The third-order valence-electron chi connectivity index (χ3n) is 5.05. The molecule has 3 aromatic rings. The van der Waals surface area contributed by atoms with Gasteiger partial charge in [0.05, 0.1) is 19.3 Å². The normalized spacial score (nSPS) is 14.5. The van der Waals surface area contributed by atoms with Crippen LogP contribution in [-0.4, -0.2) is 55.6 Å². The Morgan fingerprint density at radius 3 is 2.63 bits per heavy atom. The highest BCUT2D eigenvalue weighted by Gasteiger charge is 2.20. The van der Waals surface area contributed by atoms with Gasteiger partial charge in [0.15, 0.2) is 5.13 Å². The van der Waals surface area contributed by atoms with Crippen LogP contribution >= 0.6 is 22.9 Å². The predicted molar refractivity (Wildman–Crippen MR) is 123 cm³/mol. The van der Waals surface area contributed by atoms with Gasteiger partial charge < -0.3 is 15.0 Å². The number of rotatable bonds is 6. The first-order valence-electron chi connectivity index (χ1n) is 9.73. The van der Waals surface area contributed by atoms with Crippen molar-refractivity contribution < 1.29 is 9.53 Å². The molecule has 0 saturated carbocycles. The molecule has 1 N–H and O–H groups in total. The highest BCUT2D eigenvalue weighted by Crippen LogP contribution is 2.26. The zero-order valence-corrected chi connectivity index (χ0v) is 18.2. The van der Waals surface area contributed by atoms with Crippen LogP contribution in [0.4, 0.5) is 10.8 Å². The van der Waals surface area contributed by atoms with Crippen molar-refractivity contribution in [2.75, 3.05) is 50.1 Å². The summed E-state index contributed by atoms with van der Waals surface area (Å²) in [5.74, 6) is 0.764. The molecule has 0 spiro atoms. The topological polar surface area (TPSA) is 57.7 Å². The summed E-state index contributed by atoms with van der Waals surface area (Å²) >= 11 is 7.52. The van der Waals surface area contributed by atoms with Gasteiger partial charge in [0.25, 0.3) is 0 Å². The highest BCUT2D eigenvalue weighted by atomic mass is 35.5. The quantitative estimate of drug-likeness (QED) is 0.619. The zero-order valence-electron chi connectivity index (χ0n) is 16.7. The van der Waals surface area contributed by atoms with E-state index in [-0.39, 0.29) is 5.91 Å². The molecule has 1 aliphatic rings. The fourth-order valence-corrected chi connectivity index (χ4v) is 4.34. The molecule has 0 bridgehead atoms. The van der Waals surface area contributed by atoms with Crippen LogP contribution in [0.15, 0.2) is 53.9 Å². The van der Waals surface area contributed by atoms with E-state index in [2.05, 4.69) is 26.2 Å². The van der Waals surface area contributed by atoms with Gasteiger partial charge in [-0.05, 0) is 42.5 Å². The number of carbonyl (C=O) groups excluding carboxylic acids is 1. The van der Waals surface area contributed by atoms with Gasteiger partial charge in [0.1, 0.15) is 5.75 Å². The van der Waals surface area contributed by atoms with E-state index >= 15 is 0 Å². The predicted octanol–water partition coefficient (Wildman–Crippen LogP) is 4.23. The average Bonchev–Trinajstić information content (AvgIpc) is 3.22. The van der Waals surface area contributed by atoms with Crippen LogP contribution in [0.3, 0.4) is 0 Å². The fourth-order valence-electron chi connectivity index (χ4n) is 3.42. The van der Waals surface area contributed by atoms with Crippen molar-refractivity contribution in [2.45, 2.75) is 0 Å². The van der Waals surface area contributed by atoms with E-state index in [1.54, 1.807) is 7.11 Å². The molecule has 1 fully saturated rings. The Hall–Kier alpha value is -2.61. The Labute approximate surface area is 185 Å². The summed E-state index contributed by atoms with van der Waals surface area (Å²) in [5, 5.41) is 6.23. The smallest absolute Gasteiger partial charge is 0.240 e. The van der Waals surface area contributed by atoms with Crippen LogP contribution in [0.1, 0.15) is 0 Å². The lowest BCUT2D eigenvalue weighted by Gasteiger charge is -2.35. The van der Waals surface area contributed by atoms with Crippen molar-refractivity contribution >= 4 is 39.7 Å². The van der Waals surface area contributed by atoms with Crippen molar-refractivity contribution in [2.24, 2.45) is 0 Å². The summed E-state index contributed by atoms with van der Waals surface area (Å²) in [7, 11) is 1.64. The Morgan fingerprint density at radius 1 is 1.17 bits per heavy atom. The van der Waals surface area contributed by atoms with E-state index in [0.717, 1.165) is 53.9 Å². The molecular weight excluding hydrogens is 420 g/mol. The van der Waals surface area contributed by atoms with Crippen LogP contribution in [0, 0.1) is 0 Å². The van der Waals surface area contributed by atoms with E-state index in [1.165, 1.54) is 11.3 Å². The molecule has 8 heteroatoms. The number of thiazole rings is 1.